The van der Waals surface area contributed by atoms with E-state index in [2.05, 4.69) is 10.00 Å². The molecule has 1 amide bonds. The summed E-state index contributed by atoms with van der Waals surface area (Å²) in [4.78, 5) is 22.7. The van der Waals surface area contributed by atoms with E-state index in [-0.39, 0.29) is 23.0 Å². The normalized spacial score (nSPS) is 19.1. The number of hydrogen-bond acceptors (Lipinski definition) is 6. The highest BCUT2D eigenvalue weighted by Crippen LogP contribution is 2.33. The van der Waals surface area contributed by atoms with Gasteiger partial charge in [0.25, 0.3) is 5.91 Å². The van der Waals surface area contributed by atoms with Crippen LogP contribution in [0.5, 0.6) is 0 Å². The molecule has 202 valence electrons. The van der Waals surface area contributed by atoms with Crippen LogP contribution >= 0.6 is 11.6 Å². The number of carbonyl (C=O) groups is 1. The van der Waals surface area contributed by atoms with Crippen molar-refractivity contribution in [1.82, 2.24) is 19.7 Å². The number of nitrogens with zero attached hydrogens (tertiary/aromatic N) is 5. The minimum atomic E-state index is -3.18. The molecular formula is C28H27ClFN5O3S. The minimum absolute atomic E-state index is 0.0381. The summed E-state index contributed by atoms with van der Waals surface area (Å²) in [6.45, 7) is 4.06. The second-order valence-corrected chi connectivity index (χ2v) is 12.7. The number of amides is 1. The van der Waals surface area contributed by atoms with Crippen molar-refractivity contribution in [3.8, 4) is 11.3 Å². The zero-order valence-electron chi connectivity index (χ0n) is 21.3. The van der Waals surface area contributed by atoms with Crippen LogP contribution in [0.1, 0.15) is 28.5 Å². The largest absolute Gasteiger partial charge is 0.368 e. The number of fused-ring (bicyclic) bond motifs is 1. The number of aromatic nitrogens is 3. The summed E-state index contributed by atoms with van der Waals surface area (Å²) in [6, 6.07) is 15.2. The maximum Gasteiger partial charge on any atom is 0.254 e. The molecule has 2 aromatic carbocycles. The summed E-state index contributed by atoms with van der Waals surface area (Å²) in [6.07, 6.45) is 0.416. The molecule has 1 unspecified atom stereocenters. The zero-order valence-corrected chi connectivity index (χ0v) is 22.9. The van der Waals surface area contributed by atoms with E-state index < -0.39 is 21.7 Å². The number of halogens is 2. The van der Waals surface area contributed by atoms with Crippen LogP contribution in [0, 0.1) is 12.7 Å². The molecule has 2 saturated heterocycles. The Hall–Kier alpha value is -3.50. The lowest BCUT2D eigenvalue weighted by molar-refractivity contribution is 0.0748. The number of sulfone groups is 1. The third kappa shape index (κ3) is 4.87. The Bertz CT molecular complexity index is 1700. The van der Waals surface area contributed by atoms with Crippen LogP contribution in [-0.2, 0) is 9.84 Å². The number of rotatable bonds is 4. The number of carbonyl (C=O) groups excluding carboxylic acids is 1. The van der Waals surface area contributed by atoms with Crippen molar-refractivity contribution in [2.24, 2.45) is 0 Å². The average molecular weight is 568 g/mol. The summed E-state index contributed by atoms with van der Waals surface area (Å²) >= 11 is 6.17. The van der Waals surface area contributed by atoms with Gasteiger partial charge in [-0.2, -0.15) is 5.10 Å². The van der Waals surface area contributed by atoms with Gasteiger partial charge in [-0.05, 0) is 49.7 Å². The first-order valence-electron chi connectivity index (χ1n) is 12.9. The van der Waals surface area contributed by atoms with Gasteiger partial charge in [0.15, 0.2) is 15.5 Å². The van der Waals surface area contributed by atoms with Gasteiger partial charge in [-0.3, -0.25) is 4.79 Å². The Balaban J connectivity index is 1.40. The monoisotopic (exact) mass is 567 g/mol. The SMILES string of the molecule is Cc1nn(C2CCS(=O)(=O)C2)c2nc(-c3ccccc3F)cc(C(=O)N3CCN(c4cccc(Cl)c4)CC3)c12. The summed E-state index contributed by atoms with van der Waals surface area (Å²) in [5.41, 5.74) is 2.96. The third-order valence-corrected chi connectivity index (χ3v) is 9.50. The first kappa shape index (κ1) is 25.8. The first-order chi connectivity index (χ1) is 18.7. The fourth-order valence-electron chi connectivity index (χ4n) is 5.52. The van der Waals surface area contributed by atoms with Crippen molar-refractivity contribution in [3.63, 3.8) is 0 Å². The summed E-state index contributed by atoms with van der Waals surface area (Å²) in [5.74, 6) is -0.603. The van der Waals surface area contributed by atoms with Gasteiger partial charge in [-0.15, -0.1) is 0 Å². The van der Waals surface area contributed by atoms with Crippen molar-refractivity contribution in [3.05, 3.63) is 76.7 Å². The first-order valence-corrected chi connectivity index (χ1v) is 15.0. The molecule has 0 aliphatic carbocycles. The quantitative estimate of drug-likeness (QED) is 0.360. The lowest BCUT2D eigenvalue weighted by Crippen LogP contribution is -2.48. The molecular weight excluding hydrogens is 541 g/mol. The maximum absolute atomic E-state index is 14.9. The van der Waals surface area contributed by atoms with Crippen LogP contribution < -0.4 is 4.90 Å². The van der Waals surface area contributed by atoms with E-state index in [0.29, 0.717) is 65.6 Å². The highest BCUT2D eigenvalue weighted by molar-refractivity contribution is 7.91. The number of aryl methyl sites for hydroxylation is 1. The molecule has 39 heavy (non-hydrogen) atoms. The highest BCUT2D eigenvalue weighted by atomic mass is 35.5. The molecule has 4 heterocycles. The molecule has 0 N–H and O–H groups in total. The molecule has 0 bridgehead atoms. The average Bonchev–Trinajstić information content (AvgIpc) is 3.46. The molecule has 0 spiro atoms. The molecule has 4 aromatic rings. The van der Waals surface area contributed by atoms with Gasteiger partial charge in [0.1, 0.15) is 5.82 Å². The maximum atomic E-state index is 14.9. The number of benzene rings is 2. The standard InChI is InChI=1S/C28H27ClFN5O3S/c1-18-26-23(28(36)34-12-10-33(11-13-34)20-6-4-5-19(29)15-20)16-25(22-7-2-3-8-24(22)30)31-27(26)35(32-18)21-9-14-39(37,38)17-21/h2-8,15-16,21H,9-14,17H2,1H3. The van der Waals surface area contributed by atoms with Crippen molar-refractivity contribution in [2.45, 2.75) is 19.4 Å². The van der Waals surface area contributed by atoms with Crippen molar-refractivity contribution in [2.75, 3.05) is 42.6 Å². The van der Waals surface area contributed by atoms with E-state index >= 15 is 0 Å². The Morgan fingerprint density at radius 1 is 1.05 bits per heavy atom. The minimum Gasteiger partial charge on any atom is -0.368 e. The van der Waals surface area contributed by atoms with E-state index in [4.69, 9.17) is 16.6 Å². The molecule has 6 rings (SSSR count). The second-order valence-electron chi connectivity index (χ2n) is 10.1. The van der Waals surface area contributed by atoms with Gasteiger partial charge in [-0.25, -0.2) is 22.5 Å². The molecule has 1 atom stereocenters. The van der Waals surface area contributed by atoms with Crippen molar-refractivity contribution < 1.29 is 17.6 Å². The van der Waals surface area contributed by atoms with E-state index in [1.54, 1.807) is 40.8 Å². The number of piperazine rings is 1. The summed E-state index contributed by atoms with van der Waals surface area (Å²) in [5, 5.41) is 5.88. The molecule has 2 fully saturated rings. The Morgan fingerprint density at radius 2 is 1.82 bits per heavy atom. The fourth-order valence-corrected chi connectivity index (χ4v) is 7.40. The van der Waals surface area contributed by atoms with Crippen molar-refractivity contribution >= 4 is 44.1 Å². The Morgan fingerprint density at radius 3 is 2.51 bits per heavy atom. The number of hydrogen-bond donors (Lipinski definition) is 0. The number of anilines is 1. The Labute approximate surface area is 230 Å². The fraction of sp³-hybridized carbons (Fsp3) is 0.321. The van der Waals surface area contributed by atoms with E-state index in [0.717, 1.165) is 5.69 Å². The Kier molecular flexibility index (Phi) is 6.55. The third-order valence-electron chi connectivity index (χ3n) is 7.51. The topological polar surface area (TPSA) is 88.4 Å². The van der Waals surface area contributed by atoms with Crippen LogP contribution in [0.4, 0.5) is 10.1 Å². The van der Waals surface area contributed by atoms with Crippen LogP contribution in [0.25, 0.3) is 22.3 Å². The summed E-state index contributed by atoms with van der Waals surface area (Å²) < 4.78 is 40.9. The molecule has 11 heteroatoms. The smallest absolute Gasteiger partial charge is 0.254 e. The van der Waals surface area contributed by atoms with Crippen LogP contribution in [0.2, 0.25) is 5.02 Å². The molecule has 2 aliphatic heterocycles. The highest BCUT2D eigenvalue weighted by Gasteiger charge is 2.33. The van der Waals surface area contributed by atoms with Gasteiger partial charge in [-0.1, -0.05) is 29.8 Å². The van der Waals surface area contributed by atoms with Crippen LogP contribution in [-0.4, -0.2) is 71.7 Å². The van der Waals surface area contributed by atoms with Gasteiger partial charge in [0.05, 0.1) is 39.9 Å². The van der Waals surface area contributed by atoms with Gasteiger partial charge in [0.2, 0.25) is 0 Å². The van der Waals surface area contributed by atoms with E-state index in [1.807, 2.05) is 24.3 Å². The van der Waals surface area contributed by atoms with Crippen LogP contribution in [0.15, 0.2) is 54.6 Å². The zero-order chi connectivity index (χ0) is 27.3. The van der Waals surface area contributed by atoms with E-state index in [9.17, 15) is 17.6 Å². The van der Waals surface area contributed by atoms with Gasteiger partial charge < -0.3 is 9.80 Å². The van der Waals surface area contributed by atoms with Gasteiger partial charge >= 0.3 is 0 Å². The molecule has 0 radical (unpaired) electrons. The van der Waals surface area contributed by atoms with Gasteiger partial charge in [0, 0.05) is 42.5 Å². The molecule has 2 aromatic heterocycles. The molecule has 2 aliphatic rings. The van der Waals surface area contributed by atoms with Crippen molar-refractivity contribution in [1.29, 1.82) is 0 Å². The lowest BCUT2D eigenvalue weighted by Gasteiger charge is -2.36. The molecule has 0 saturated carbocycles. The lowest BCUT2D eigenvalue weighted by atomic mass is 10.0. The molecule has 8 nitrogen and oxygen atoms in total. The van der Waals surface area contributed by atoms with E-state index in [1.165, 1.54) is 6.07 Å². The number of pyridine rings is 1. The second kappa shape index (κ2) is 9.91. The summed E-state index contributed by atoms with van der Waals surface area (Å²) in [7, 11) is -3.18. The van der Waals surface area contributed by atoms with Crippen LogP contribution in [0.3, 0.4) is 0 Å². The predicted octanol–water partition coefficient (Wildman–Crippen LogP) is 4.52. The predicted molar refractivity (Wildman–Crippen MR) is 150 cm³/mol.